The first kappa shape index (κ1) is 20.2. The van der Waals surface area contributed by atoms with Gasteiger partial charge in [-0.1, -0.05) is 39.8 Å². The van der Waals surface area contributed by atoms with Gasteiger partial charge in [0.05, 0.1) is 13.2 Å². The van der Waals surface area contributed by atoms with E-state index in [9.17, 15) is 9.67 Å². The molecule has 0 fully saturated rings. The zero-order valence-corrected chi connectivity index (χ0v) is 15.9. The highest BCUT2D eigenvalue weighted by molar-refractivity contribution is 7.54. The molecule has 1 aromatic rings. The van der Waals surface area contributed by atoms with E-state index in [2.05, 4.69) is 0 Å². The second-order valence-corrected chi connectivity index (χ2v) is 8.86. The van der Waals surface area contributed by atoms with Crippen LogP contribution in [-0.2, 0) is 13.6 Å². The van der Waals surface area contributed by atoms with Crippen molar-refractivity contribution < 1.29 is 18.7 Å². The number of benzene rings is 1. The van der Waals surface area contributed by atoms with Crippen molar-refractivity contribution in [2.45, 2.75) is 33.5 Å². The molecule has 6 heteroatoms. The third-order valence-corrected chi connectivity index (χ3v) is 5.10. The fourth-order valence-corrected chi connectivity index (χ4v) is 3.72. The zero-order chi connectivity index (χ0) is 17.6. The Labute approximate surface area is 140 Å². The molecule has 0 radical (unpaired) electrons. The summed E-state index contributed by atoms with van der Waals surface area (Å²) in [6, 6.07) is 7.25. The number of aliphatic hydroxyl groups is 1. The molecular weight excluding hydrogens is 313 g/mol. The smallest absolute Gasteiger partial charge is 0.363 e. The Morgan fingerprint density at radius 3 is 1.78 bits per heavy atom. The summed E-state index contributed by atoms with van der Waals surface area (Å²) in [5, 5.41) is 10.6. The third-order valence-electron chi connectivity index (χ3n) is 3.18. The Morgan fingerprint density at radius 1 is 1.00 bits per heavy atom. The first-order valence-electron chi connectivity index (χ1n) is 8.00. The van der Waals surface area contributed by atoms with Crippen molar-refractivity contribution in [3.63, 3.8) is 0 Å². The number of aliphatic hydroxyl groups excluding tert-OH is 1. The van der Waals surface area contributed by atoms with Crippen LogP contribution >= 0.6 is 7.60 Å². The molecule has 0 unspecified atom stereocenters. The summed E-state index contributed by atoms with van der Waals surface area (Å²) >= 11 is 0. The molecule has 1 atom stereocenters. The van der Waals surface area contributed by atoms with Crippen molar-refractivity contribution in [3.05, 3.63) is 29.8 Å². The van der Waals surface area contributed by atoms with Gasteiger partial charge in [-0.3, -0.25) is 4.57 Å². The topological polar surface area (TPSA) is 59.0 Å². The lowest BCUT2D eigenvalue weighted by Gasteiger charge is -2.25. The maximum absolute atomic E-state index is 13.0. The van der Waals surface area contributed by atoms with E-state index in [-0.39, 0.29) is 25.0 Å². The monoisotopic (exact) mass is 343 g/mol. The molecule has 0 saturated heterocycles. The first-order valence-corrected chi connectivity index (χ1v) is 9.61. The summed E-state index contributed by atoms with van der Waals surface area (Å²) in [5.74, 6) is -0.875. The van der Waals surface area contributed by atoms with Crippen LogP contribution in [0.4, 0.5) is 5.69 Å². The van der Waals surface area contributed by atoms with E-state index in [1.165, 1.54) is 0 Å². The molecule has 1 N–H and O–H groups in total. The highest BCUT2D eigenvalue weighted by atomic mass is 31.2. The average Bonchev–Trinajstić information content (AvgIpc) is 2.50. The number of anilines is 1. The summed E-state index contributed by atoms with van der Waals surface area (Å²) in [6.45, 7) is 8.41. The summed E-state index contributed by atoms with van der Waals surface area (Å²) in [5.41, 5.74) is 1.54. The molecule has 0 bridgehead atoms. The Balaban J connectivity index is 2.96. The predicted octanol–water partition coefficient (Wildman–Crippen LogP) is 4.28. The summed E-state index contributed by atoms with van der Waals surface area (Å²) in [7, 11) is 0.240. The van der Waals surface area contributed by atoms with Gasteiger partial charge in [0.15, 0.2) is 5.85 Å². The van der Waals surface area contributed by atoms with Gasteiger partial charge in [0, 0.05) is 19.8 Å². The van der Waals surface area contributed by atoms with Gasteiger partial charge in [-0.05, 0) is 29.5 Å². The Hall–Kier alpha value is -0.870. The van der Waals surface area contributed by atoms with E-state index >= 15 is 0 Å². The van der Waals surface area contributed by atoms with E-state index in [1.54, 1.807) is 12.1 Å². The zero-order valence-electron chi connectivity index (χ0n) is 15.0. The molecule has 0 aliphatic rings. The SMILES string of the molecule is CC(C)COP(=O)(OCC(C)C)[C@H](O)c1ccc(N(C)C)cc1. The minimum atomic E-state index is -3.64. The van der Waals surface area contributed by atoms with Gasteiger partial charge in [0.2, 0.25) is 0 Å². The highest BCUT2D eigenvalue weighted by Gasteiger charge is 2.36. The Morgan fingerprint density at radius 2 is 1.43 bits per heavy atom. The van der Waals surface area contributed by atoms with E-state index < -0.39 is 13.4 Å². The lowest BCUT2D eigenvalue weighted by molar-refractivity contribution is 0.124. The van der Waals surface area contributed by atoms with Crippen molar-refractivity contribution in [2.24, 2.45) is 11.8 Å². The van der Waals surface area contributed by atoms with Crippen molar-refractivity contribution in [2.75, 3.05) is 32.2 Å². The number of hydrogen-bond acceptors (Lipinski definition) is 5. The summed E-state index contributed by atoms with van der Waals surface area (Å²) in [6.07, 6.45) is 0. The maximum Gasteiger partial charge on any atom is 0.363 e. The van der Waals surface area contributed by atoms with Gasteiger partial charge >= 0.3 is 7.60 Å². The molecular formula is C17H30NO4P. The van der Waals surface area contributed by atoms with Gasteiger partial charge in [-0.25, -0.2) is 0 Å². The molecule has 0 heterocycles. The van der Waals surface area contributed by atoms with Crippen LogP contribution in [0, 0.1) is 11.8 Å². The van der Waals surface area contributed by atoms with Crippen molar-refractivity contribution in [1.29, 1.82) is 0 Å². The van der Waals surface area contributed by atoms with E-state index in [4.69, 9.17) is 9.05 Å². The molecule has 0 amide bonds. The molecule has 132 valence electrons. The summed E-state index contributed by atoms with van der Waals surface area (Å²) < 4.78 is 24.1. The Bertz CT molecular complexity index is 498. The van der Waals surface area contributed by atoms with Crippen LogP contribution in [0.15, 0.2) is 24.3 Å². The molecule has 23 heavy (non-hydrogen) atoms. The van der Waals surface area contributed by atoms with Gasteiger partial charge < -0.3 is 19.1 Å². The molecule has 0 aliphatic carbocycles. The van der Waals surface area contributed by atoms with Crippen LogP contribution < -0.4 is 4.90 Å². The van der Waals surface area contributed by atoms with Crippen LogP contribution in [0.5, 0.6) is 0 Å². The first-order chi connectivity index (χ1) is 10.7. The summed E-state index contributed by atoms with van der Waals surface area (Å²) in [4.78, 5) is 1.96. The van der Waals surface area contributed by atoms with Crippen molar-refractivity contribution >= 4 is 13.3 Å². The van der Waals surface area contributed by atoms with Crippen LogP contribution in [0.25, 0.3) is 0 Å². The minimum absolute atomic E-state index is 0.203. The quantitative estimate of drug-likeness (QED) is 0.678. The van der Waals surface area contributed by atoms with Crippen LogP contribution in [0.2, 0.25) is 0 Å². The van der Waals surface area contributed by atoms with E-state index in [0.29, 0.717) is 5.56 Å². The largest absolute Gasteiger partial charge is 0.378 e. The van der Waals surface area contributed by atoms with Crippen LogP contribution in [0.1, 0.15) is 39.1 Å². The Kier molecular flexibility index (Phi) is 7.75. The van der Waals surface area contributed by atoms with Gasteiger partial charge in [-0.15, -0.1) is 0 Å². The predicted molar refractivity (Wildman–Crippen MR) is 94.9 cm³/mol. The molecule has 5 nitrogen and oxygen atoms in total. The van der Waals surface area contributed by atoms with Gasteiger partial charge in [-0.2, -0.15) is 0 Å². The fourth-order valence-electron chi connectivity index (χ4n) is 1.81. The molecule has 1 rings (SSSR count). The maximum atomic E-state index is 13.0. The lowest BCUT2D eigenvalue weighted by Crippen LogP contribution is -2.12. The molecule has 0 saturated carbocycles. The number of nitrogens with zero attached hydrogens (tertiary/aromatic N) is 1. The van der Waals surface area contributed by atoms with Crippen LogP contribution in [-0.4, -0.2) is 32.4 Å². The van der Waals surface area contributed by atoms with Crippen molar-refractivity contribution in [1.82, 2.24) is 0 Å². The second kappa shape index (κ2) is 8.84. The second-order valence-electron chi connectivity index (χ2n) is 6.78. The van der Waals surface area contributed by atoms with E-state index in [1.807, 2.05) is 58.8 Å². The molecule has 0 aliphatic heterocycles. The van der Waals surface area contributed by atoms with Crippen LogP contribution in [0.3, 0.4) is 0 Å². The fraction of sp³-hybridized carbons (Fsp3) is 0.647. The standard InChI is InChI=1S/C17H30NO4P/c1-13(2)11-21-23(20,22-12-14(3)4)17(19)15-7-9-16(10-8-15)18(5)6/h7-10,13-14,17,19H,11-12H2,1-6H3/t17-/m0/s1. The lowest BCUT2D eigenvalue weighted by atomic mass is 10.2. The van der Waals surface area contributed by atoms with Gasteiger partial charge in [0.25, 0.3) is 0 Å². The number of hydrogen-bond donors (Lipinski definition) is 1. The van der Waals surface area contributed by atoms with Crippen molar-refractivity contribution in [3.8, 4) is 0 Å². The molecule has 0 aromatic heterocycles. The normalized spacial score (nSPS) is 13.6. The third kappa shape index (κ3) is 6.27. The minimum Gasteiger partial charge on any atom is -0.378 e. The van der Waals surface area contributed by atoms with Gasteiger partial charge in [0.1, 0.15) is 0 Å². The molecule has 0 spiro atoms. The average molecular weight is 343 g/mol. The number of rotatable bonds is 9. The molecule has 1 aromatic carbocycles. The van der Waals surface area contributed by atoms with E-state index in [0.717, 1.165) is 5.69 Å². The highest BCUT2D eigenvalue weighted by Crippen LogP contribution is 2.60.